The number of ether oxygens (including phenoxy) is 1. The Kier molecular flexibility index (Phi) is 3.06. The number of hydrogen-bond donors (Lipinski definition) is 1. The van der Waals surface area contributed by atoms with Crippen molar-refractivity contribution in [2.75, 3.05) is 26.2 Å². The van der Waals surface area contributed by atoms with E-state index in [1.165, 1.54) is 43.6 Å². The molecule has 3 heteroatoms. The van der Waals surface area contributed by atoms with Crippen molar-refractivity contribution >= 4 is 0 Å². The average molecular weight is 258 g/mol. The highest BCUT2D eigenvalue weighted by Gasteiger charge is 2.38. The zero-order chi connectivity index (χ0) is 12.7. The number of piperidine rings is 1. The lowest BCUT2D eigenvalue weighted by Crippen LogP contribution is -2.41. The van der Waals surface area contributed by atoms with Crippen molar-refractivity contribution in [1.82, 2.24) is 10.2 Å². The van der Waals surface area contributed by atoms with Gasteiger partial charge >= 0.3 is 0 Å². The van der Waals surface area contributed by atoms with Crippen LogP contribution in [-0.2, 0) is 11.3 Å². The predicted octanol–water partition coefficient (Wildman–Crippen LogP) is 1.94. The van der Waals surface area contributed by atoms with Crippen LogP contribution >= 0.6 is 0 Å². The second-order valence-corrected chi connectivity index (χ2v) is 6.15. The molecule has 0 spiro atoms. The van der Waals surface area contributed by atoms with Crippen LogP contribution in [0.2, 0.25) is 0 Å². The first-order chi connectivity index (χ1) is 9.42. The summed E-state index contributed by atoms with van der Waals surface area (Å²) in [5.74, 6) is 0.850. The zero-order valence-corrected chi connectivity index (χ0v) is 11.3. The van der Waals surface area contributed by atoms with E-state index in [4.69, 9.17) is 4.74 Å². The first-order valence-corrected chi connectivity index (χ1v) is 7.55. The lowest BCUT2D eigenvalue weighted by Gasteiger charge is -2.33. The SMILES string of the molecule is c1ccc2c(c1)COCC2N1CC2CCCNC2C1. The topological polar surface area (TPSA) is 24.5 Å². The third-order valence-electron chi connectivity index (χ3n) is 5.02. The summed E-state index contributed by atoms with van der Waals surface area (Å²) in [5, 5.41) is 3.69. The van der Waals surface area contributed by atoms with Crippen molar-refractivity contribution < 1.29 is 4.74 Å². The van der Waals surface area contributed by atoms with E-state index in [9.17, 15) is 0 Å². The van der Waals surface area contributed by atoms with Crippen molar-refractivity contribution in [3.63, 3.8) is 0 Å². The molecule has 3 unspecified atom stereocenters. The molecule has 0 aliphatic carbocycles. The highest BCUT2D eigenvalue weighted by molar-refractivity contribution is 5.31. The van der Waals surface area contributed by atoms with Gasteiger partial charge in [-0.15, -0.1) is 0 Å². The minimum absolute atomic E-state index is 0.470. The van der Waals surface area contributed by atoms with Crippen molar-refractivity contribution in [1.29, 1.82) is 0 Å². The van der Waals surface area contributed by atoms with Gasteiger partial charge in [0.05, 0.1) is 19.3 Å². The fraction of sp³-hybridized carbons (Fsp3) is 0.625. The van der Waals surface area contributed by atoms with E-state index in [1.807, 2.05) is 0 Å². The van der Waals surface area contributed by atoms with Gasteiger partial charge in [0.1, 0.15) is 0 Å². The quantitative estimate of drug-likeness (QED) is 0.833. The summed E-state index contributed by atoms with van der Waals surface area (Å²) in [6.07, 6.45) is 2.73. The van der Waals surface area contributed by atoms with Gasteiger partial charge in [-0.05, 0) is 36.4 Å². The first kappa shape index (κ1) is 11.9. The molecule has 4 rings (SSSR count). The molecule has 3 heterocycles. The van der Waals surface area contributed by atoms with Gasteiger partial charge in [-0.25, -0.2) is 0 Å². The summed E-state index contributed by atoms with van der Waals surface area (Å²) >= 11 is 0. The molecule has 1 aromatic carbocycles. The van der Waals surface area contributed by atoms with Crippen molar-refractivity contribution in [2.45, 2.75) is 31.5 Å². The highest BCUT2D eigenvalue weighted by atomic mass is 16.5. The average Bonchev–Trinajstić information content (AvgIpc) is 2.90. The minimum Gasteiger partial charge on any atom is -0.375 e. The Morgan fingerprint density at radius 2 is 2.16 bits per heavy atom. The van der Waals surface area contributed by atoms with Gasteiger partial charge in [0.25, 0.3) is 0 Å². The maximum Gasteiger partial charge on any atom is 0.0721 e. The second-order valence-electron chi connectivity index (χ2n) is 6.15. The maximum atomic E-state index is 5.81. The molecule has 0 bridgehead atoms. The molecule has 2 saturated heterocycles. The van der Waals surface area contributed by atoms with Crippen molar-refractivity contribution in [3.8, 4) is 0 Å². The molecule has 0 amide bonds. The molecular formula is C16H22N2O. The number of benzene rings is 1. The Labute approximate surface area is 114 Å². The number of fused-ring (bicyclic) bond motifs is 2. The smallest absolute Gasteiger partial charge is 0.0721 e. The van der Waals surface area contributed by atoms with Crippen LogP contribution in [0.1, 0.15) is 30.0 Å². The number of rotatable bonds is 1. The molecule has 3 aliphatic rings. The molecule has 0 aromatic heterocycles. The second kappa shape index (κ2) is 4.89. The van der Waals surface area contributed by atoms with Gasteiger partial charge in [-0.3, -0.25) is 4.90 Å². The summed E-state index contributed by atoms with van der Waals surface area (Å²) in [5.41, 5.74) is 2.87. The largest absolute Gasteiger partial charge is 0.375 e. The summed E-state index contributed by atoms with van der Waals surface area (Å²) in [4.78, 5) is 2.64. The molecule has 1 N–H and O–H groups in total. The molecule has 0 saturated carbocycles. The van der Waals surface area contributed by atoms with Crippen molar-refractivity contribution in [3.05, 3.63) is 35.4 Å². The standard InChI is InChI=1S/C16H22N2O/c1-2-6-14-13(4-1)10-19-11-16(14)18-8-12-5-3-7-17-15(12)9-18/h1-2,4,6,12,15-17H,3,5,7-11H2. The first-order valence-electron chi connectivity index (χ1n) is 7.55. The van der Waals surface area contributed by atoms with E-state index in [1.54, 1.807) is 0 Å². The Balaban J connectivity index is 1.57. The van der Waals surface area contributed by atoms with Crippen molar-refractivity contribution in [2.24, 2.45) is 5.92 Å². The summed E-state index contributed by atoms with van der Waals surface area (Å²) in [7, 11) is 0. The molecule has 1 aromatic rings. The molecule has 102 valence electrons. The minimum atomic E-state index is 0.470. The molecule has 3 aliphatic heterocycles. The summed E-state index contributed by atoms with van der Waals surface area (Å²) < 4.78 is 5.81. The monoisotopic (exact) mass is 258 g/mol. The van der Waals surface area contributed by atoms with Crippen LogP contribution in [0.5, 0.6) is 0 Å². The van der Waals surface area contributed by atoms with Crippen LogP contribution in [0.25, 0.3) is 0 Å². The van der Waals surface area contributed by atoms with E-state index in [-0.39, 0.29) is 0 Å². The molecule has 0 radical (unpaired) electrons. The lowest BCUT2D eigenvalue weighted by atomic mass is 9.94. The van der Waals surface area contributed by atoms with Gasteiger partial charge in [0, 0.05) is 19.1 Å². The van der Waals surface area contributed by atoms with Crippen LogP contribution in [0.4, 0.5) is 0 Å². The Morgan fingerprint density at radius 3 is 3.11 bits per heavy atom. The Morgan fingerprint density at radius 1 is 1.21 bits per heavy atom. The van der Waals surface area contributed by atoms with Gasteiger partial charge in [-0.1, -0.05) is 24.3 Å². The van der Waals surface area contributed by atoms with Crippen LogP contribution in [0.3, 0.4) is 0 Å². The van der Waals surface area contributed by atoms with E-state index < -0.39 is 0 Å². The van der Waals surface area contributed by atoms with Gasteiger partial charge < -0.3 is 10.1 Å². The van der Waals surface area contributed by atoms with Gasteiger partial charge in [0.2, 0.25) is 0 Å². The maximum absolute atomic E-state index is 5.81. The van der Waals surface area contributed by atoms with Gasteiger partial charge in [-0.2, -0.15) is 0 Å². The number of hydrogen-bond acceptors (Lipinski definition) is 3. The number of likely N-dealkylation sites (tertiary alicyclic amines) is 1. The molecule has 2 fully saturated rings. The number of nitrogens with one attached hydrogen (secondary N) is 1. The van der Waals surface area contributed by atoms with Crippen LogP contribution in [-0.4, -0.2) is 37.2 Å². The summed E-state index contributed by atoms with van der Waals surface area (Å²) in [6.45, 7) is 5.27. The van der Waals surface area contributed by atoms with E-state index >= 15 is 0 Å². The lowest BCUT2D eigenvalue weighted by molar-refractivity contribution is 0.0395. The fourth-order valence-electron chi connectivity index (χ4n) is 4.00. The molecule has 3 atom stereocenters. The molecule has 19 heavy (non-hydrogen) atoms. The van der Waals surface area contributed by atoms with Gasteiger partial charge in [0.15, 0.2) is 0 Å². The van der Waals surface area contributed by atoms with E-state index in [0.29, 0.717) is 12.1 Å². The van der Waals surface area contributed by atoms with Crippen LogP contribution < -0.4 is 5.32 Å². The third-order valence-corrected chi connectivity index (χ3v) is 5.02. The summed E-state index contributed by atoms with van der Waals surface area (Å²) in [6, 6.07) is 9.97. The van der Waals surface area contributed by atoms with E-state index in [0.717, 1.165) is 19.1 Å². The van der Waals surface area contributed by atoms with Crippen LogP contribution in [0, 0.1) is 5.92 Å². The molecular weight excluding hydrogens is 236 g/mol. The zero-order valence-electron chi connectivity index (χ0n) is 11.3. The Hall–Kier alpha value is -0.900. The fourth-order valence-corrected chi connectivity index (χ4v) is 4.00. The van der Waals surface area contributed by atoms with Crippen LogP contribution in [0.15, 0.2) is 24.3 Å². The van der Waals surface area contributed by atoms with E-state index in [2.05, 4.69) is 34.5 Å². The number of nitrogens with zero attached hydrogens (tertiary/aromatic N) is 1. The normalized spacial score (nSPS) is 34.8. The molecule has 3 nitrogen and oxygen atoms in total. The highest BCUT2D eigenvalue weighted by Crippen LogP contribution is 2.35. The Bertz CT molecular complexity index is 448. The predicted molar refractivity (Wildman–Crippen MR) is 74.9 cm³/mol. The third kappa shape index (κ3) is 2.10.